The molecule has 1 saturated heterocycles. The lowest BCUT2D eigenvalue weighted by Crippen LogP contribution is -2.45. The molecular weight excluding hydrogens is 228 g/mol. The molecule has 0 saturated carbocycles. The van der Waals surface area contributed by atoms with Gasteiger partial charge in [-0.15, -0.1) is 0 Å². The van der Waals surface area contributed by atoms with Gasteiger partial charge < -0.3 is 4.74 Å². The summed E-state index contributed by atoms with van der Waals surface area (Å²) >= 11 is 0. The zero-order valence-electron chi connectivity index (χ0n) is 10.9. The third-order valence-corrected chi connectivity index (χ3v) is 3.05. The van der Waals surface area contributed by atoms with Crippen molar-refractivity contribution in [1.82, 2.24) is 10.4 Å². The molecule has 0 radical (unpaired) electrons. The molecule has 1 aliphatic heterocycles. The first-order valence-electron chi connectivity index (χ1n) is 6.36. The molecule has 4 heteroatoms. The van der Waals surface area contributed by atoms with Crippen LogP contribution in [0.4, 0.5) is 0 Å². The predicted molar refractivity (Wildman–Crippen MR) is 69.6 cm³/mol. The predicted octanol–water partition coefficient (Wildman–Crippen LogP) is 1.72. The van der Waals surface area contributed by atoms with Gasteiger partial charge in [0, 0.05) is 12.5 Å². The van der Waals surface area contributed by atoms with Crippen molar-refractivity contribution in [1.29, 1.82) is 0 Å². The quantitative estimate of drug-likeness (QED) is 0.862. The van der Waals surface area contributed by atoms with Crippen LogP contribution in [0, 0.1) is 0 Å². The molecule has 4 nitrogen and oxygen atoms in total. The molecular formula is C14H20N2O2. The van der Waals surface area contributed by atoms with E-state index in [0.29, 0.717) is 25.7 Å². The molecule has 1 heterocycles. The smallest absolute Gasteiger partial charge is 0.236 e. The zero-order valence-corrected chi connectivity index (χ0v) is 10.9. The van der Waals surface area contributed by atoms with Crippen LogP contribution in [0.5, 0.6) is 0 Å². The van der Waals surface area contributed by atoms with Crippen LogP contribution in [0.2, 0.25) is 0 Å². The van der Waals surface area contributed by atoms with Gasteiger partial charge in [0.1, 0.15) is 0 Å². The average molecular weight is 248 g/mol. The highest BCUT2D eigenvalue weighted by atomic mass is 16.5. The molecule has 1 N–H and O–H groups in total. The van der Waals surface area contributed by atoms with Crippen LogP contribution in [0.1, 0.15) is 25.8 Å². The summed E-state index contributed by atoms with van der Waals surface area (Å²) in [6.45, 7) is 5.30. The number of carbonyl (C=O) groups excluding carboxylic acids is 1. The molecule has 1 fully saturated rings. The van der Waals surface area contributed by atoms with Crippen LogP contribution < -0.4 is 5.43 Å². The molecule has 2 rings (SSSR count). The lowest BCUT2D eigenvalue weighted by atomic mass is 10.2. The number of rotatable bonds is 5. The zero-order chi connectivity index (χ0) is 13.0. The first-order chi connectivity index (χ1) is 8.66. The van der Waals surface area contributed by atoms with Crippen molar-refractivity contribution in [3.63, 3.8) is 0 Å². The largest absolute Gasteiger partial charge is 0.375 e. The van der Waals surface area contributed by atoms with Gasteiger partial charge in [-0.3, -0.25) is 10.2 Å². The fraction of sp³-hybridized carbons (Fsp3) is 0.500. The highest BCUT2D eigenvalue weighted by molar-refractivity contribution is 5.78. The molecule has 0 aliphatic carbocycles. The van der Waals surface area contributed by atoms with Crippen molar-refractivity contribution >= 4 is 5.91 Å². The molecule has 0 unspecified atom stereocenters. The molecule has 0 aromatic heterocycles. The van der Waals surface area contributed by atoms with E-state index in [1.807, 2.05) is 35.3 Å². The van der Waals surface area contributed by atoms with Crippen molar-refractivity contribution in [2.24, 2.45) is 0 Å². The topological polar surface area (TPSA) is 41.6 Å². The average Bonchev–Trinajstić information content (AvgIpc) is 2.72. The lowest BCUT2D eigenvalue weighted by molar-refractivity contribution is -0.121. The van der Waals surface area contributed by atoms with Crippen molar-refractivity contribution in [3.8, 4) is 0 Å². The van der Waals surface area contributed by atoms with Gasteiger partial charge in [0.25, 0.3) is 0 Å². The second-order valence-electron chi connectivity index (χ2n) is 4.89. The summed E-state index contributed by atoms with van der Waals surface area (Å²) in [5.74, 6) is 0.0806. The number of amides is 1. The molecule has 1 aromatic rings. The van der Waals surface area contributed by atoms with E-state index in [2.05, 4.69) is 19.3 Å². The Kier molecular flexibility index (Phi) is 4.33. The Morgan fingerprint density at radius 1 is 1.39 bits per heavy atom. The number of hydrogen-bond acceptors (Lipinski definition) is 3. The summed E-state index contributed by atoms with van der Waals surface area (Å²) < 4.78 is 5.70. The summed E-state index contributed by atoms with van der Waals surface area (Å²) in [6.07, 6.45) is 0.521. The van der Waals surface area contributed by atoms with Gasteiger partial charge in [-0.25, -0.2) is 5.01 Å². The summed E-state index contributed by atoms with van der Waals surface area (Å²) in [4.78, 5) is 11.4. The number of hydrazine groups is 1. The second kappa shape index (κ2) is 5.98. The van der Waals surface area contributed by atoms with E-state index in [1.165, 1.54) is 0 Å². The minimum Gasteiger partial charge on any atom is -0.375 e. The monoisotopic (exact) mass is 248 g/mol. The van der Waals surface area contributed by atoms with E-state index >= 15 is 0 Å². The molecule has 1 atom stereocenters. The van der Waals surface area contributed by atoms with Crippen molar-refractivity contribution in [2.75, 3.05) is 6.61 Å². The number of hydrogen-bond donors (Lipinski definition) is 1. The van der Waals surface area contributed by atoms with Gasteiger partial charge in [-0.1, -0.05) is 30.3 Å². The maximum Gasteiger partial charge on any atom is 0.236 e. The lowest BCUT2D eigenvalue weighted by Gasteiger charge is -2.26. The molecule has 18 heavy (non-hydrogen) atoms. The maximum absolute atomic E-state index is 11.4. The highest BCUT2D eigenvalue weighted by Crippen LogP contribution is 2.14. The third-order valence-electron chi connectivity index (χ3n) is 3.05. The van der Waals surface area contributed by atoms with Crippen LogP contribution in [0.15, 0.2) is 30.3 Å². The molecule has 1 amide bonds. The standard InChI is InChI=1S/C14H20N2O2/c1-11(2)16-13(8-14(17)15-16)10-18-9-12-6-4-3-5-7-12/h3-7,11,13H,8-10H2,1-2H3,(H,15,17)/t13-/m1/s1. The fourth-order valence-electron chi connectivity index (χ4n) is 2.17. The summed E-state index contributed by atoms with van der Waals surface area (Å²) in [7, 11) is 0. The number of ether oxygens (including phenoxy) is 1. The van der Waals surface area contributed by atoms with Gasteiger partial charge in [0.05, 0.1) is 19.3 Å². The number of benzene rings is 1. The van der Waals surface area contributed by atoms with Crippen LogP contribution in [-0.4, -0.2) is 29.6 Å². The Hall–Kier alpha value is -1.39. The minimum atomic E-state index is 0.0806. The SMILES string of the molecule is CC(C)N1NC(=O)C[C@@H]1COCc1ccccc1. The highest BCUT2D eigenvalue weighted by Gasteiger charge is 2.31. The maximum atomic E-state index is 11.4. The van der Waals surface area contributed by atoms with Gasteiger partial charge >= 0.3 is 0 Å². The number of nitrogens with one attached hydrogen (secondary N) is 1. The molecule has 0 bridgehead atoms. The van der Waals surface area contributed by atoms with Gasteiger partial charge in [0.2, 0.25) is 5.91 Å². The Bertz CT molecular complexity index is 392. The second-order valence-corrected chi connectivity index (χ2v) is 4.89. The van der Waals surface area contributed by atoms with Gasteiger partial charge in [-0.2, -0.15) is 0 Å². The first kappa shape index (κ1) is 13.1. The first-order valence-corrected chi connectivity index (χ1v) is 6.36. The Morgan fingerprint density at radius 3 is 2.78 bits per heavy atom. The molecule has 1 aromatic carbocycles. The normalized spacial score (nSPS) is 20.4. The molecule has 0 spiro atoms. The fourth-order valence-corrected chi connectivity index (χ4v) is 2.17. The van der Waals surface area contributed by atoms with E-state index in [1.54, 1.807) is 0 Å². The minimum absolute atomic E-state index is 0.0806. The van der Waals surface area contributed by atoms with Gasteiger partial charge in [-0.05, 0) is 19.4 Å². The Balaban J connectivity index is 1.81. The van der Waals surface area contributed by atoms with E-state index in [0.717, 1.165) is 5.56 Å². The van der Waals surface area contributed by atoms with Gasteiger partial charge in [0.15, 0.2) is 0 Å². The van der Waals surface area contributed by atoms with Crippen LogP contribution in [0.25, 0.3) is 0 Å². The molecule has 98 valence electrons. The van der Waals surface area contributed by atoms with Crippen molar-refractivity contribution < 1.29 is 9.53 Å². The van der Waals surface area contributed by atoms with Crippen LogP contribution >= 0.6 is 0 Å². The Labute approximate surface area is 108 Å². The van der Waals surface area contributed by atoms with E-state index < -0.39 is 0 Å². The van der Waals surface area contributed by atoms with E-state index in [-0.39, 0.29) is 11.9 Å². The number of nitrogens with zero attached hydrogens (tertiary/aromatic N) is 1. The summed E-state index contributed by atoms with van der Waals surface area (Å²) in [5.41, 5.74) is 4.02. The third kappa shape index (κ3) is 3.31. The summed E-state index contributed by atoms with van der Waals surface area (Å²) in [6, 6.07) is 10.5. The number of carbonyl (C=O) groups is 1. The van der Waals surface area contributed by atoms with Crippen molar-refractivity contribution in [2.45, 2.75) is 39.0 Å². The van der Waals surface area contributed by atoms with Crippen LogP contribution in [-0.2, 0) is 16.1 Å². The molecule has 1 aliphatic rings. The van der Waals surface area contributed by atoms with E-state index in [9.17, 15) is 4.79 Å². The van der Waals surface area contributed by atoms with Crippen LogP contribution in [0.3, 0.4) is 0 Å². The van der Waals surface area contributed by atoms with E-state index in [4.69, 9.17) is 4.74 Å². The Morgan fingerprint density at radius 2 is 2.11 bits per heavy atom. The van der Waals surface area contributed by atoms with Crippen molar-refractivity contribution in [3.05, 3.63) is 35.9 Å². The summed E-state index contributed by atoms with van der Waals surface area (Å²) in [5, 5.41) is 1.98.